The smallest absolute Gasteiger partial charge is 0.266 e. The number of amides is 1. The van der Waals surface area contributed by atoms with E-state index in [1.54, 1.807) is 12.1 Å². The van der Waals surface area contributed by atoms with Gasteiger partial charge in [0.1, 0.15) is 11.6 Å². The van der Waals surface area contributed by atoms with Crippen LogP contribution in [0.25, 0.3) is 6.08 Å². The van der Waals surface area contributed by atoms with Crippen LogP contribution < -0.4 is 10.1 Å². The van der Waals surface area contributed by atoms with Crippen molar-refractivity contribution in [1.82, 2.24) is 0 Å². The SMILES string of the molecule is COc1cc(C=C(C#N)C(=O)Nc2ccc(C)cc2)cc(Cl)c1O. The number of carbonyl (C=O) groups excluding carboxylic acids is 1. The molecule has 24 heavy (non-hydrogen) atoms. The normalized spacial score (nSPS) is 10.8. The van der Waals surface area contributed by atoms with Gasteiger partial charge in [0.2, 0.25) is 0 Å². The number of nitriles is 1. The largest absolute Gasteiger partial charge is 0.503 e. The average molecular weight is 343 g/mol. The van der Waals surface area contributed by atoms with Gasteiger partial charge in [-0.3, -0.25) is 4.79 Å². The molecule has 0 unspecified atom stereocenters. The van der Waals surface area contributed by atoms with Gasteiger partial charge in [-0.15, -0.1) is 0 Å². The molecule has 5 nitrogen and oxygen atoms in total. The lowest BCUT2D eigenvalue weighted by Gasteiger charge is -2.07. The zero-order chi connectivity index (χ0) is 17.7. The molecule has 0 saturated carbocycles. The second-order valence-corrected chi connectivity index (χ2v) is 5.45. The summed E-state index contributed by atoms with van der Waals surface area (Å²) in [7, 11) is 1.38. The molecule has 0 saturated heterocycles. The minimum atomic E-state index is -0.537. The van der Waals surface area contributed by atoms with Gasteiger partial charge < -0.3 is 15.2 Å². The fraction of sp³-hybridized carbons (Fsp3) is 0.111. The van der Waals surface area contributed by atoms with E-state index in [0.717, 1.165) is 5.56 Å². The van der Waals surface area contributed by atoms with E-state index in [9.17, 15) is 15.2 Å². The number of rotatable bonds is 4. The third kappa shape index (κ3) is 4.06. The van der Waals surface area contributed by atoms with Crippen LogP contribution in [-0.2, 0) is 4.79 Å². The van der Waals surface area contributed by atoms with Gasteiger partial charge >= 0.3 is 0 Å². The summed E-state index contributed by atoms with van der Waals surface area (Å²) in [5.41, 5.74) is 2.02. The maximum Gasteiger partial charge on any atom is 0.266 e. The van der Waals surface area contributed by atoms with Gasteiger partial charge in [0.25, 0.3) is 5.91 Å². The first-order chi connectivity index (χ1) is 11.4. The highest BCUT2D eigenvalue weighted by Crippen LogP contribution is 2.35. The Kier molecular flexibility index (Phi) is 5.46. The fourth-order valence-corrected chi connectivity index (χ4v) is 2.20. The van der Waals surface area contributed by atoms with Crippen LogP contribution in [0, 0.1) is 18.3 Å². The predicted octanol–water partition coefficient (Wildman–Crippen LogP) is 3.91. The van der Waals surface area contributed by atoms with Crippen molar-refractivity contribution in [2.75, 3.05) is 12.4 Å². The highest BCUT2D eigenvalue weighted by molar-refractivity contribution is 6.32. The molecule has 0 fully saturated rings. The minimum Gasteiger partial charge on any atom is -0.503 e. The Balaban J connectivity index is 2.29. The number of phenols is 1. The van der Waals surface area contributed by atoms with Crippen LogP contribution in [0.15, 0.2) is 42.0 Å². The Morgan fingerprint density at radius 3 is 2.58 bits per heavy atom. The molecule has 2 aromatic rings. The summed E-state index contributed by atoms with van der Waals surface area (Å²) < 4.78 is 5.00. The molecule has 122 valence electrons. The van der Waals surface area contributed by atoms with Crippen molar-refractivity contribution in [3.05, 3.63) is 58.1 Å². The van der Waals surface area contributed by atoms with E-state index in [-0.39, 0.29) is 22.1 Å². The molecule has 0 bridgehead atoms. The zero-order valence-corrected chi connectivity index (χ0v) is 13.9. The number of phenolic OH excluding ortho intramolecular Hbond substituents is 1. The number of aromatic hydroxyl groups is 1. The van der Waals surface area contributed by atoms with E-state index in [0.29, 0.717) is 11.3 Å². The number of aryl methyl sites for hydroxylation is 1. The van der Waals surface area contributed by atoms with Crippen LogP contribution in [-0.4, -0.2) is 18.1 Å². The lowest BCUT2D eigenvalue weighted by atomic mass is 10.1. The summed E-state index contributed by atoms with van der Waals surface area (Å²) in [5.74, 6) is -0.576. The quantitative estimate of drug-likeness (QED) is 0.652. The van der Waals surface area contributed by atoms with E-state index in [1.807, 2.05) is 25.1 Å². The molecule has 0 aliphatic carbocycles. The molecular weight excluding hydrogens is 328 g/mol. The van der Waals surface area contributed by atoms with Crippen molar-refractivity contribution in [2.45, 2.75) is 6.92 Å². The summed E-state index contributed by atoms with van der Waals surface area (Å²) in [6, 6.07) is 12.0. The van der Waals surface area contributed by atoms with E-state index in [2.05, 4.69) is 5.32 Å². The van der Waals surface area contributed by atoms with Crippen LogP contribution in [0.3, 0.4) is 0 Å². The van der Waals surface area contributed by atoms with E-state index >= 15 is 0 Å². The lowest BCUT2D eigenvalue weighted by molar-refractivity contribution is -0.112. The number of benzene rings is 2. The zero-order valence-electron chi connectivity index (χ0n) is 13.1. The van der Waals surface area contributed by atoms with Crippen molar-refractivity contribution in [2.24, 2.45) is 0 Å². The Bertz CT molecular complexity index is 837. The Morgan fingerprint density at radius 1 is 1.33 bits per heavy atom. The maximum absolute atomic E-state index is 12.2. The van der Waals surface area contributed by atoms with Gasteiger partial charge in [-0.25, -0.2) is 0 Å². The number of nitrogens with one attached hydrogen (secondary N) is 1. The number of ether oxygens (including phenoxy) is 1. The van der Waals surface area contributed by atoms with Crippen molar-refractivity contribution in [3.8, 4) is 17.6 Å². The molecule has 0 radical (unpaired) electrons. The summed E-state index contributed by atoms with van der Waals surface area (Å²) in [6.45, 7) is 1.94. The second kappa shape index (κ2) is 7.53. The molecule has 0 spiro atoms. The third-order valence-electron chi connectivity index (χ3n) is 3.26. The second-order valence-electron chi connectivity index (χ2n) is 5.04. The molecule has 0 aliphatic rings. The average Bonchev–Trinajstić information content (AvgIpc) is 2.57. The van der Waals surface area contributed by atoms with Crippen molar-refractivity contribution in [1.29, 1.82) is 5.26 Å². The van der Waals surface area contributed by atoms with Crippen LogP contribution in [0.5, 0.6) is 11.5 Å². The van der Waals surface area contributed by atoms with Crippen molar-refractivity contribution < 1.29 is 14.6 Å². The lowest BCUT2D eigenvalue weighted by Crippen LogP contribution is -2.13. The van der Waals surface area contributed by atoms with Gasteiger partial charge in [-0.2, -0.15) is 5.26 Å². The highest BCUT2D eigenvalue weighted by atomic mass is 35.5. The standard InChI is InChI=1S/C18H15ClN2O3/c1-11-3-5-14(6-4-11)21-18(23)13(10-20)7-12-8-15(19)17(22)16(9-12)24-2/h3-9,22H,1-2H3,(H,21,23). The highest BCUT2D eigenvalue weighted by Gasteiger charge is 2.12. The van der Waals surface area contributed by atoms with E-state index in [4.69, 9.17) is 16.3 Å². The predicted molar refractivity (Wildman–Crippen MR) is 93.1 cm³/mol. The van der Waals surface area contributed by atoms with Crippen molar-refractivity contribution >= 4 is 29.3 Å². The molecule has 0 atom stereocenters. The number of carbonyl (C=O) groups is 1. The summed E-state index contributed by atoms with van der Waals surface area (Å²) in [6.07, 6.45) is 1.37. The molecule has 0 heterocycles. The van der Waals surface area contributed by atoms with E-state index < -0.39 is 5.91 Å². The van der Waals surface area contributed by atoms with Gasteiger partial charge in [0, 0.05) is 5.69 Å². The third-order valence-corrected chi connectivity index (χ3v) is 3.54. The number of nitrogens with zero attached hydrogens (tertiary/aromatic N) is 1. The monoisotopic (exact) mass is 342 g/mol. The molecule has 2 N–H and O–H groups in total. The first-order valence-corrected chi connectivity index (χ1v) is 7.38. The molecule has 0 aromatic heterocycles. The first-order valence-electron chi connectivity index (χ1n) is 7.01. The summed E-state index contributed by atoms with van der Waals surface area (Å²) >= 11 is 5.91. The number of anilines is 1. The van der Waals surface area contributed by atoms with Crippen LogP contribution in [0.2, 0.25) is 5.02 Å². The molecular formula is C18H15ClN2O3. The first kappa shape index (κ1) is 17.4. The van der Waals surface area contributed by atoms with Gasteiger partial charge in [-0.1, -0.05) is 29.3 Å². The molecule has 2 rings (SSSR count). The molecule has 0 aliphatic heterocycles. The molecule has 2 aromatic carbocycles. The number of hydrogen-bond donors (Lipinski definition) is 2. The van der Waals surface area contributed by atoms with Crippen LogP contribution >= 0.6 is 11.6 Å². The summed E-state index contributed by atoms with van der Waals surface area (Å²) in [4.78, 5) is 12.2. The topological polar surface area (TPSA) is 82.3 Å². The minimum absolute atomic E-state index is 0.0665. The van der Waals surface area contributed by atoms with Gasteiger partial charge in [0.05, 0.1) is 12.1 Å². The van der Waals surface area contributed by atoms with Gasteiger partial charge in [0.15, 0.2) is 11.5 Å². The number of halogens is 1. The molecule has 1 amide bonds. The fourth-order valence-electron chi connectivity index (χ4n) is 1.98. The van der Waals surface area contributed by atoms with Crippen molar-refractivity contribution in [3.63, 3.8) is 0 Å². The van der Waals surface area contributed by atoms with Gasteiger partial charge in [-0.05, 0) is 42.8 Å². The number of hydrogen-bond acceptors (Lipinski definition) is 4. The molecule has 6 heteroatoms. The Hall–Kier alpha value is -2.97. The number of methoxy groups -OCH3 is 1. The van der Waals surface area contributed by atoms with Crippen LogP contribution in [0.1, 0.15) is 11.1 Å². The maximum atomic E-state index is 12.2. The van der Waals surface area contributed by atoms with E-state index in [1.165, 1.54) is 25.3 Å². The Morgan fingerprint density at radius 2 is 2.00 bits per heavy atom. The van der Waals surface area contributed by atoms with Crippen LogP contribution in [0.4, 0.5) is 5.69 Å². The summed E-state index contributed by atoms with van der Waals surface area (Å²) in [5, 5.41) is 21.7. The Labute approximate surface area is 144 Å².